The van der Waals surface area contributed by atoms with Crippen molar-refractivity contribution in [3.8, 4) is 0 Å². The summed E-state index contributed by atoms with van der Waals surface area (Å²) in [5, 5.41) is 3.22. The molecule has 2 bridgehead atoms. The van der Waals surface area contributed by atoms with E-state index >= 15 is 0 Å². The maximum absolute atomic E-state index is 12.1. The Labute approximate surface area is 126 Å². The molecule has 3 atom stereocenters. The van der Waals surface area contributed by atoms with Crippen molar-refractivity contribution < 1.29 is 14.3 Å². The first kappa shape index (κ1) is 15.3. The number of nitrogens with two attached hydrogens (primary N) is 1. The summed E-state index contributed by atoms with van der Waals surface area (Å²) in [5.41, 5.74) is 6.12. The second-order valence-corrected chi connectivity index (χ2v) is 7.02. The molecule has 0 radical (unpaired) electrons. The Morgan fingerprint density at radius 2 is 2.00 bits per heavy atom. The molecule has 3 rings (SSSR count). The Morgan fingerprint density at radius 3 is 2.67 bits per heavy atom. The third-order valence-corrected chi connectivity index (χ3v) is 5.31. The number of hydrogen-bond donors (Lipinski definition) is 2. The zero-order valence-electron chi connectivity index (χ0n) is 12.8. The fourth-order valence-electron chi connectivity index (χ4n) is 4.29. The Morgan fingerprint density at radius 1 is 1.24 bits per heavy atom. The molecule has 0 aromatic rings. The van der Waals surface area contributed by atoms with Crippen molar-refractivity contribution in [2.45, 2.75) is 50.6 Å². The van der Waals surface area contributed by atoms with Gasteiger partial charge < -0.3 is 20.5 Å². The van der Waals surface area contributed by atoms with Crippen LogP contribution >= 0.6 is 0 Å². The number of hydrogen-bond acceptors (Lipinski definition) is 4. The molecule has 3 unspecified atom stereocenters. The Balaban J connectivity index is 1.41. The van der Waals surface area contributed by atoms with Crippen molar-refractivity contribution in [1.82, 2.24) is 5.32 Å². The van der Waals surface area contributed by atoms with Crippen LogP contribution in [0.2, 0.25) is 0 Å². The summed E-state index contributed by atoms with van der Waals surface area (Å²) in [4.78, 5) is 12.1. The zero-order chi connectivity index (χ0) is 14.7. The first-order valence-corrected chi connectivity index (χ1v) is 8.43. The van der Waals surface area contributed by atoms with Gasteiger partial charge in [-0.3, -0.25) is 4.79 Å². The number of carbonyl (C=O) groups is 1. The third kappa shape index (κ3) is 3.96. The molecule has 2 aliphatic carbocycles. The molecule has 0 aromatic heterocycles. The lowest BCUT2D eigenvalue weighted by Gasteiger charge is -2.45. The highest BCUT2D eigenvalue weighted by Crippen LogP contribution is 2.39. The van der Waals surface area contributed by atoms with Gasteiger partial charge in [-0.05, 0) is 43.9 Å². The molecule has 1 amide bonds. The molecular weight excluding hydrogens is 268 g/mol. The molecule has 3 aliphatic rings. The van der Waals surface area contributed by atoms with Crippen molar-refractivity contribution in [3.05, 3.63) is 0 Å². The number of fused-ring (bicyclic) bond motifs is 2. The van der Waals surface area contributed by atoms with E-state index in [4.69, 9.17) is 15.2 Å². The van der Waals surface area contributed by atoms with Crippen LogP contribution in [-0.2, 0) is 14.3 Å². The number of nitrogens with one attached hydrogen (secondary N) is 1. The van der Waals surface area contributed by atoms with Gasteiger partial charge >= 0.3 is 0 Å². The highest BCUT2D eigenvalue weighted by atomic mass is 16.5. The SMILES string of the molecule is NC1CC2CCCC(C1)C2NC(=O)COCC1CCOC1. The van der Waals surface area contributed by atoms with E-state index in [1.54, 1.807) is 0 Å². The van der Waals surface area contributed by atoms with Gasteiger partial charge in [0.2, 0.25) is 5.91 Å². The quantitative estimate of drug-likeness (QED) is 0.795. The second kappa shape index (κ2) is 7.07. The van der Waals surface area contributed by atoms with Crippen LogP contribution in [0, 0.1) is 17.8 Å². The van der Waals surface area contributed by atoms with Crippen LogP contribution in [-0.4, -0.2) is 44.4 Å². The summed E-state index contributed by atoms with van der Waals surface area (Å²) in [6.45, 7) is 2.41. The van der Waals surface area contributed by atoms with Gasteiger partial charge in [0, 0.05) is 24.6 Å². The molecule has 1 heterocycles. The summed E-state index contributed by atoms with van der Waals surface area (Å²) in [5.74, 6) is 1.63. The van der Waals surface area contributed by atoms with Crippen molar-refractivity contribution in [3.63, 3.8) is 0 Å². The fourth-order valence-corrected chi connectivity index (χ4v) is 4.29. The molecule has 3 fully saturated rings. The summed E-state index contributed by atoms with van der Waals surface area (Å²) < 4.78 is 10.9. The molecule has 1 saturated heterocycles. The topological polar surface area (TPSA) is 73.6 Å². The van der Waals surface area contributed by atoms with E-state index in [1.807, 2.05) is 0 Å². The predicted octanol–water partition coefficient (Wildman–Crippen LogP) is 1.06. The van der Waals surface area contributed by atoms with Crippen LogP contribution in [0.3, 0.4) is 0 Å². The Hall–Kier alpha value is -0.650. The van der Waals surface area contributed by atoms with E-state index in [1.165, 1.54) is 19.3 Å². The van der Waals surface area contributed by atoms with Gasteiger partial charge in [-0.15, -0.1) is 0 Å². The second-order valence-electron chi connectivity index (χ2n) is 7.02. The van der Waals surface area contributed by atoms with E-state index < -0.39 is 0 Å². The van der Waals surface area contributed by atoms with Gasteiger partial charge in [0.1, 0.15) is 6.61 Å². The van der Waals surface area contributed by atoms with Crippen molar-refractivity contribution in [1.29, 1.82) is 0 Å². The Kier molecular flexibility index (Phi) is 5.14. The van der Waals surface area contributed by atoms with E-state index in [-0.39, 0.29) is 12.5 Å². The molecule has 3 N–H and O–H groups in total. The van der Waals surface area contributed by atoms with Crippen LogP contribution in [0.4, 0.5) is 0 Å². The molecule has 21 heavy (non-hydrogen) atoms. The van der Waals surface area contributed by atoms with Crippen molar-refractivity contribution in [2.24, 2.45) is 23.5 Å². The van der Waals surface area contributed by atoms with Crippen LogP contribution in [0.15, 0.2) is 0 Å². The number of ether oxygens (including phenoxy) is 2. The Bertz CT molecular complexity index is 343. The zero-order valence-corrected chi connectivity index (χ0v) is 12.8. The molecule has 2 saturated carbocycles. The first-order chi connectivity index (χ1) is 10.2. The maximum Gasteiger partial charge on any atom is 0.246 e. The lowest BCUT2D eigenvalue weighted by atomic mass is 9.67. The maximum atomic E-state index is 12.1. The minimum Gasteiger partial charge on any atom is -0.381 e. The van der Waals surface area contributed by atoms with Crippen LogP contribution in [0.25, 0.3) is 0 Å². The summed E-state index contributed by atoms with van der Waals surface area (Å²) in [7, 11) is 0. The molecule has 5 nitrogen and oxygen atoms in total. The molecule has 0 spiro atoms. The van der Waals surface area contributed by atoms with E-state index in [0.29, 0.717) is 36.4 Å². The molecular formula is C16H28N2O3. The molecule has 1 aliphatic heterocycles. The standard InChI is InChI=1S/C16H28N2O3/c17-14-6-12-2-1-3-13(7-14)16(12)18-15(19)10-21-9-11-4-5-20-8-11/h11-14,16H,1-10,17H2,(H,18,19). The molecule has 0 aromatic carbocycles. The number of rotatable bonds is 5. The van der Waals surface area contributed by atoms with Crippen LogP contribution < -0.4 is 11.1 Å². The van der Waals surface area contributed by atoms with Gasteiger partial charge in [-0.2, -0.15) is 0 Å². The molecule has 120 valence electrons. The normalized spacial score (nSPS) is 39.2. The number of amides is 1. The van der Waals surface area contributed by atoms with Gasteiger partial charge in [0.25, 0.3) is 0 Å². The van der Waals surface area contributed by atoms with Crippen LogP contribution in [0.5, 0.6) is 0 Å². The van der Waals surface area contributed by atoms with E-state index in [2.05, 4.69) is 5.32 Å². The van der Waals surface area contributed by atoms with Gasteiger partial charge in [0.05, 0.1) is 13.2 Å². The van der Waals surface area contributed by atoms with Crippen molar-refractivity contribution in [2.75, 3.05) is 26.4 Å². The average Bonchev–Trinajstić information content (AvgIpc) is 2.93. The summed E-state index contributed by atoms with van der Waals surface area (Å²) in [6.07, 6.45) is 6.85. The van der Waals surface area contributed by atoms with Gasteiger partial charge in [-0.25, -0.2) is 0 Å². The van der Waals surface area contributed by atoms with Gasteiger partial charge in [0.15, 0.2) is 0 Å². The summed E-state index contributed by atoms with van der Waals surface area (Å²) in [6, 6.07) is 0.650. The van der Waals surface area contributed by atoms with Crippen molar-refractivity contribution >= 4 is 5.91 Å². The predicted molar refractivity (Wildman–Crippen MR) is 79.7 cm³/mol. The van der Waals surface area contributed by atoms with Crippen LogP contribution in [0.1, 0.15) is 38.5 Å². The molecule has 5 heteroatoms. The largest absolute Gasteiger partial charge is 0.381 e. The average molecular weight is 296 g/mol. The lowest BCUT2D eigenvalue weighted by molar-refractivity contribution is -0.128. The minimum atomic E-state index is 0.0336. The highest BCUT2D eigenvalue weighted by molar-refractivity contribution is 5.77. The van der Waals surface area contributed by atoms with E-state index in [9.17, 15) is 4.79 Å². The highest BCUT2D eigenvalue weighted by Gasteiger charge is 2.39. The minimum absolute atomic E-state index is 0.0336. The number of carbonyl (C=O) groups excluding carboxylic acids is 1. The van der Waals surface area contributed by atoms with Gasteiger partial charge in [-0.1, -0.05) is 6.42 Å². The fraction of sp³-hybridized carbons (Fsp3) is 0.938. The first-order valence-electron chi connectivity index (χ1n) is 8.43. The van der Waals surface area contributed by atoms with E-state index in [0.717, 1.165) is 32.5 Å². The third-order valence-electron chi connectivity index (χ3n) is 5.31. The lowest BCUT2D eigenvalue weighted by Crippen LogP contribution is -2.54. The summed E-state index contributed by atoms with van der Waals surface area (Å²) >= 11 is 0. The monoisotopic (exact) mass is 296 g/mol. The smallest absolute Gasteiger partial charge is 0.246 e.